The van der Waals surface area contributed by atoms with E-state index in [2.05, 4.69) is 16.0 Å². The lowest BCUT2D eigenvalue weighted by atomic mass is 9.77. The van der Waals surface area contributed by atoms with E-state index in [0.717, 1.165) is 11.9 Å². The Labute approximate surface area is 237 Å². The molecule has 40 heavy (non-hydrogen) atoms. The van der Waals surface area contributed by atoms with E-state index in [0.29, 0.717) is 55.5 Å². The number of piperidine rings is 2. The number of benzene rings is 1. The third-order valence-electron chi connectivity index (χ3n) is 8.03. The minimum Gasteiger partial charge on any atom is -0.474 e. The van der Waals surface area contributed by atoms with Gasteiger partial charge < -0.3 is 14.5 Å². The lowest BCUT2D eigenvalue weighted by Crippen LogP contribution is -2.52. The molecule has 208 valence electrons. The van der Waals surface area contributed by atoms with E-state index in [1.807, 2.05) is 30.0 Å². The predicted octanol–water partition coefficient (Wildman–Crippen LogP) is 5.47. The van der Waals surface area contributed by atoms with Crippen molar-refractivity contribution in [3.8, 4) is 11.9 Å². The Balaban J connectivity index is 1.34. The van der Waals surface area contributed by atoms with Gasteiger partial charge in [-0.3, -0.25) is 4.79 Å². The van der Waals surface area contributed by atoms with E-state index in [4.69, 9.17) is 16.3 Å². The number of likely N-dealkylation sites (tertiary alicyclic amines) is 1. The van der Waals surface area contributed by atoms with Crippen LogP contribution < -0.4 is 9.64 Å². The van der Waals surface area contributed by atoms with Crippen LogP contribution in [0.15, 0.2) is 60.9 Å². The van der Waals surface area contributed by atoms with E-state index in [9.17, 15) is 18.8 Å². The molecule has 0 aliphatic carbocycles. The van der Waals surface area contributed by atoms with E-state index in [-0.39, 0.29) is 23.8 Å². The SMILES string of the molecule is C[C@H](Oc1ccc(Cl)cn1)[C@H]1CCN(C(=O)C2CCN(c3ccccn3)CC2C#N)C[C@@H]1c1ccc(F)c(F)c1. The fourth-order valence-corrected chi connectivity index (χ4v) is 6.01. The van der Waals surface area contributed by atoms with Crippen LogP contribution in [0.3, 0.4) is 0 Å². The van der Waals surface area contributed by atoms with Gasteiger partial charge in [-0.2, -0.15) is 5.26 Å². The summed E-state index contributed by atoms with van der Waals surface area (Å²) in [6, 6.07) is 15.3. The first-order chi connectivity index (χ1) is 19.3. The molecule has 2 saturated heterocycles. The number of hydrogen-bond acceptors (Lipinski definition) is 6. The smallest absolute Gasteiger partial charge is 0.227 e. The zero-order valence-electron chi connectivity index (χ0n) is 22.1. The maximum Gasteiger partial charge on any atom is 0.227 e. The number of anilines is 1. The largest absolute Gasteiger partial charge is 0.474 e. The Bertz CT molecular complexity index is 1370. The first-order valence-electron chi connectivity index (χ1n) is 13.4. The van der Waals surface area contributed by atoms with Crippen molar-refractivity contribution in [2.75, 3.05) is 31.1 Å². The molecular formula is C30H30ClF2N5O2. The van der Waals surface area contributed by atoms with Crippen molar-refractivity contribution < 1.29 is 18.3 Å². The Morgan fingerprint density at radius 2 is 1.95 bits per heavy atom. The third kappa shape index (κ3) is 6.02. The second-order valence-corrected chi connectivity index (χ2v) is 10.9. The number of rotatable bonds is 6. The van der Waals surface area contributed by atoms with Crippen molar-refractivity contribution >= 4 is 23.3 Å². The molecule has 1 amide bonds. The van der Waals surface area contributed by atoms with Crippen LogP contribution in [0.1, 0.15) is 31.2 Å². The van der Waals surface area contributed by atoms with Gasteiger partial charge in [-0.05, 0) is 55.7 Å². The molecule has 2 unspecified atom stereocenters. The second-order valence-electron chi connectivity index (χ2n) is 10.4. The first-order valence-corrected chi connectivity index (χ1v) is 13.8. The highest BCUT2D eigenvalue weighted by Gasteiger charge is 2.42. The molecule has 3 aromatic rings. The minimum atomic E-state index is -0.931. The third-order valence-corrected chi connectivity index (χ3v) is 8.25. The number of hydrogen-bond donors (Lipinski definition) is 0. The number of ether oxygens (including phenoxy) is 1. The van der Waals surface area contributed by atoms with Crippen molar-refractivity contribution in [2.45, 2.75) is 31.8 Å². The molecule has 5 rings (SSSR count). The fraction of sp³-hybridized carbons (Fsp3) is 0.400. The van der Waals surface area contributed by atoms with Crippen LogP contribution in [0.2, 0.25) is 5.02 Å². The summed E-state index contributed by atoms with van der Waals surface area (Å²) in [4.78, 5) is 26.2. The first kappa shape index (κ1) is 27.8. The second kappa shape index (κ2) is 12.2. The molecule has 2 fully saturated rings. The average molecular weight is 566 g/mol. The molecule has 0 N–H and O–H groups in total. The number of aromatic nitrogens is 2. The molecule has 0 saturated carbocycles. The molecule has 1 aromatic carbocycles. The van der Waals surface area contributed by atoms with Gasteiger partial charge in [0, 0.05) is 56.5 Å². The Hall–Kier alpha value is -3.77. The Morgan fingerprint density at radius 3 is 2.65 bits per heavy atom. The highest BCUT2D eigenvalue weighted by Crippen LogP contribution is 2.38. The quantitative estimate of drug-likeness (QED) is 0.394. The van der Waals surface area contributed by atoms with Crippen LogP contribution in [-0.4, -0.2) is 53.1 Å². The summed E-state index contributed by atoms with van der Waals surface area (Å²) < 4.78 is 34.2. The fourth-order valence-electron chi connectivity index (χ4n) is 5.90. The molecule has 0 bridgehead atoms. The molecule has 2 aliphatic rings. The number of carbonyl (C=O) groups excluding carboxylic acids is 1. The standard InChI is InChI=1S/C30H30ClF2N5O2/c1-19(40-29-8-6-22(31)16-36-29)23-9-13-38(18-25(23)20-5-7-26(32)27(33)14-20)30(39)24-10-12-37(17-21(24)15-34)28-4-2-3-11-35-28/h2-8,11,14,16,19,21,23-25H,9-10,12-13,17-18H2,1H3/t19-,21?,23+,24?,25+/m0/s1. The number of halogens is 3. The van der Waals surface area contributed by atoms with Gasteiger partial charge in [-0.15, -0.1) is 0 Å². The topological polar surface area (TPSA) is 82.3 Å². The number of carbonyl (C=O) groups is 1. The number of pyridine rings is 2. The molecular weight excluding hydrogens is 536 g/mol. The van der Waals surface area contributed by atoms with Gasteiger partial charge >= 0.3 is 0 Å². The molecule has 10 heteroatoms. The van der Waals surface area contributed by atoms with Gasteiger partial charge in [0.25, 0.3) is 0 Å². The molecule has 2 aliphatic heterocycles. The van der Waals surface area contributed by atoms with E-state index >= 15 is 0 Å². The Morgan fingerprint density at radius 1 is 1.10 bits per heavy atom. The maximum atomic E-state index is 14.3. The van der Waals surface area contributed by atoms with Crippen molar-refractivity contribution in [2.24, 2.45) is 17.8 Å². The Kier molecular flexibility index (Phi) is 8.46. The van der Waals surface area contributed by atoms with Crippen LogP contribution in [-0.2, 0) is 4.79 Å². The predicted molar refractivity (Wildman–Crippen MR) is 147 cm³/mol. The van der Waals surface area contributed by atoms with E-state index in [1.54, 1.807) is 29.3 Å². The van der Waals surface area contributed by atoms with Gasteiger partial charge in [0.15, 0.2) is 11.6 Å². The summed E-state index contributed by atoms with van der Waals surface area (Å²) in [6.07, 6.45) is 4.02. The monoisotopic (exact) mass is 565 g/mol. The molecule has 0 spiro atoms. The highest BCUT2D eigenvalue weighted by molar-refractivity contribution is 6.30. The van der Waals surface area contributed by atoms with Gasteiger partial charge in [0.05, 0.1) is 22.9 Å². The summed E-state index contributed by atoms with van der Waals surface area (Å²) in [7, 11) is 0. The van der Waals surface area contributed by atoms with Crippen LogP contribution in [0, 0.1) is 40.7 Å². The van der Waals surface area contributed by atoms with Crippen LogP contribution in [0.5, 0.6) is 5.88 Å². The summed E-state index contributed by atoms with van der Waals surface area (Å²) in [6.45, 7) is 3.75. The summed E-state index contributed by atoms with van der Waals surface area (Å²) in [5.74, 6) is -2.05. The highest BCUT2D eigenvalue weighted by atomic mass is 35.5. The minimum absolute atomic E-state index is 0.0776. The summed E-state index contributed by atoms with van der Waals surface area (Å²) in [5.41, 5.74) is 0.600. The van der Waals surface area contributed by atoms with Crippen molar-refractivity contribution in [3.05, 3.63) is 83.1 Å². The van der Waals surface area contributed by atoms with Gasteiger partial charge in [-0.1, -0.05) is 23.7 Å². The van der Waals surface area contributed by atoms with Crippen LogP contribution in [0.4, 0.5) is 14.6 Å². The van der Waals surface area contributed by atoms with Gasteiger partial charge in [-0.25, -0.2) is 18.7 Å². The van der Waals surface area contributed by atoms with E-state index in [1.165, 1.54) is 12.3 Å². The number of nitrogens with zero attached hydrogens (tertiary/aromatic N) is 5. The lowest BCUT2D eigenvalue weighted by molar-refractivity contribution is -0.139. The zero-order chi connectivity index (χ0) is 28.2. The lowest BCUT2D eigenvalue weighted by Gasteiger charge is -2.44. The summed E-state index contributed by atoms with van der Waals surface area (Å²) in [5, 5.41) is 10.4. The number of nitriles is 1. The van der Waals surface area contributed by atoms with E-state index < -0.39 is 23.5 Å². The maximum absolute atomic E-state index is 14.3. The van der Waals surface area contributed by atoms with Gasteiger partial charge in [0.2, 0.25) is 11.8 Å². The normalized spacial score (nSPS) is 23.8. The van der Waals surface area contributed by atoms with Crippen molar-refractivity contribution in [1.29, 1.82) is 5.26 Å². The zero-order valence-corrected chi connectivity index (χ0v) is 22.8. The van der Waals surface area contributed by atoms with Crippen molar-refractivity contribution in [1.82, 2.24) is 14.9 Å². The molecule has 7 nitrogen and oxygen atoms in total. The molecule has 5 atom stereocenters. The van der Waals surface area contributed by atoms with Crippen molar-refractivity contribution in [3.63, 3.8) is 0 Å². The molecule has 2 aromatic heterocycles. The molecule has 4 heterocycles. The average Bonchev–Trinajstić information content (AvgIpc) is 2.99. The van der Waals surface area contributed by atoms with Gasteiger partial charge in [0.1, 0.15) is 11.9 Å². The summed E-state index contributed by atoms with van der Waals surface area (Å²) >= 11 is 5.95. The molecule has 0 radical (unpaired) electrons. The van der Waals surface area contributed by atoms with Crippen LogP contribution in [0.25, 0.3) is 0 Å². The van der Waals surface area contributed by atoms with Crippen LogP contribution >= 0.6 is 11.6 Å². The number of amides is 1.